The normalized spacial score (nSPS) is 9.82. The van der Waals surface area contributed by atoms with Crippen molar-refractivity contribution in [2.45, 2.75) is 0 Å². The number of benzene rings is 1. The third kappa shape index (κ3) is 2.67. The molecule has 1 radical (unpaired) electrons. The van der Waals surface area contributed by atoms with Gasteiger partial charge in [0.2, 0.25) is 0 Å². The van der Waals surface area contributed by atoms with Crippen LogP contribution < -0.4 is 0 Å². The van der Waals surface area contributed by atoms with E-state index in [0.717, 1.165) is 5.56 Å². The second-order valence-corrected chi connectivity index (χ2v) is 1.91. The molecule has 11 heavy (non-hydrogen) atoms. The summed E-state index contributed by atoms with van der Waals surface area (Å²) in [5.41, 5.74) is 0.989. The maximum absolute atomic E-state index is 9.60. The van der Waals surface area contributed by atoms with Crippen LogP contribution >= 0.6 is 0 Å². The van der Waals surface area contributed by atoms with Crippen molar-refractivity contribution in [3.05, 3.63) is 42.2 Å². The van der Waals surface area contributed by atoms with Crippen molar-refractivity contribution in [3.63, 3.8) is 0 Å². The highest BCUT2D eigenvalue weighted by Gasteiger charge is 1.80. The molecule has 0 heterocycles. The van der Waals surface area contributed by atoms with Crippen molar-refractivity contribution in [3.8, 4) is 0 Å². The van der Waals surface area contributed by atoms with E-state index in [0.29, 0.717) is 0 Å². The highest BCUT2D eigenvalue weighted by atomic mass is 16.5. The molecule has 1 aromatic rings. The van der Waals surface area contributed by atoms with E-state index < -0.39 is 0 Å². The number of hydrogen-bond donors (Lipinski definition) is 0. The third-order valence-corrected chi connectivity index (χ3v) is 1.18. The molecule has 0 N–H and O–H groups in total. The van der Waals surface area contributed by atoms with Crippen LogP contribution in [-0.4, -0.2) is 6.47 Å². The van der Waals surface area contributed by atoms with Crippen molar-refractivity contribution < 1.29 is 9.53 Å². The van der Waals surface area contributed by atoms with Gasteiger partial charge in [-0.05, 0) is 11.6 Å². The molecule has 0 amide bonds. The van der Waals surface area contributed by atoms with Gasteiger partial charge in [-0.3, -0.25) is 0 Å². The Morgan fingerprint density at radius 2 is 2.00 bits per heavy atom. The number of rotatable bonds is 3. The Morgan fingerprint density at radius 1 is 1.27 bits per heavy atom. The predicted octanol–water partition coefficient (Wildman–Crippen LogP) is 1.74. The van der Waals surface area contributed by atoms with Crippen LogP contribution in [0.1, 0.15) is 5.56 Å². The fourth-order valence-electron chi connectivity index (χ4n) is 0.705. The Morgan fingerprint density at radius 3 is 2.64 bits per heavy atom. The zero-order valence-electron chi connectivity index (χ0n) is 5.86. The summed E-state index contributed by atoms with van der Waals surface area (Å²) in [4.78, 5) is 9.60. The van der Waals surface area contributed by atoms with Gasteiger partial charge in [0, 0.05) is 0 Å². The lowest BCUT2D eigenvalue weighted by atomic mass is 10.2. The minimum absolute atomic E-state index is 0.989. The maximum Gasteiger partial charge on any atom is 0.422 e. The summed E-state index contributed by atoms with van der Waals surface area (Å²) in [6.07, 6.45) is 2.98. The minimum atomic E-state index is 0.989. The highest BCUT2D eigenvalue weighted by Crippen LogP contribution is 1.99. The topological polar surface area (TPSA) is 26.3 Å². The van der Waals surface area contributed by atoms with Gasteiger partial charge in [0.1, 0.15) is 0 Å². The van der Waals surface area contributed by atoms with Crippen LogP contribution in [0.3, 0.4) is 0 Å². The van der Waals surface area contributed by atoms with Crippen LogP contribution in [0.25, 0.3) is 6.08 Å². The quantitative estimate of drug-likeness (QED) is 0.609. The van der Waals surface area contributed by atoms with Crippen LogP contribution in [0.4, 0.5) is 0 Å². The fraction of sp³-hybridized carbons (Fsp3) is 0. The van der Waals surface area contributed by atoms with E-state index in [1.807, 2.05) is 30.3 Å². The number of ether oxygens (including phenoxy) is 1. The molecule has 0 aliphatic carbocycles. The lowest BCUT2D eigenvalue weighted by molar-refractivity contribution is 0.400. The molecule has 0 unspecified atom stereocenters. The summed E-state index contributed by atoms with van der Waals surface area (Å²) in [6, 6.07) is 9.55. The van der Waals surface area contributed by atoms with Gasteiger partial charge in [-0.2, -0.15) is 0 Å². The minimum Gasteiger partial charge on any atom is -0.426 e. The summed E-state index contributed by atoms with van der Waals surface area (Å²) in [5.74, 6) is 0. The molecule has 2 heteroatoms. The molecule has 0 fully saturated rings. The zero-order valence-corrected chi connectivity index (χ0v) is 5.86. The van der Waals surface area contributed by atoms with Crippen molar-refractivity contribution in [1.82, 2.24) is 0 Å². The summed E-state index contributed by atoms with van der Waals surface area (Å²) >= 11 is 0. The van der Waals surface area contributed by atoms with Gasteiger partial charge in [0.25, 0.3) is 0 Å². The average Bonchev–Trinajstić information content (AvgIpc) is 2.07. The van der Waals surface area contributed by atoms with Crippen molar-refractivity contribution in [2.24, 2.45) is 0 Å². The largest absolute Gasteiger partial charge is 0.426 e. The molecule has 0 spiro atoms. The number of carbonyl (C=O) groups excluding carboxylic acids is 1. The van der Waals surface area contributed by atoms with E-state index in [1.54, 1.807) is 6.08 Å². The molecule has 0 aliphatic heterocycles. The van der Waals surface area contributed by atoms with Gasteiger partial charge in [0.05, 0.1) is 6.26 Å². The monoisotopic (exact) mass is 147 g/mol. The van der Waals surface area contributed by atoms with Crippen LogP contribution in [-0.2, 0) is 9.53 Å². The Labute approximate surface area is 65.1 Å². The molecule has 0 aliphatic rings. The standard InChI is InChI=1S/C9H7O2/c10-8-11-7-6-9-4-2-1-3-5-9/h1-7H/b7-6+. The fourth-order valence-corrected chi connectivity index (χ4v) is 0.705. The van der Waals surface area contributed by atoms with E-state index >= 15 is 0 Å². The average molecular weight is 147 g/mol. The van der Waals surface area contributed by atoms with E-state index in [2.05, 4.69) is 4.74 Å². The summed E-state index contributed by atoms with van der Waals surface area (Å²) in [7, 11) is 0. The first-order valence-electron chi connectivity index (χ1n) is 3.18. The Balaban J connectivity index is 2.57. The zero-order chi connectivity index (χ0) is 7.94. The van der Waals surface area contributed by atoms with Gasteiger partial charge in [-0.25, -0.2) is 4.79 Å². The molecule has 0 saturated heterocycles. The maximum atomic E-state index is 9.60. The smallest absolute Gasteiger partial charge is 0.422 e. The number of hydrogen-bond acceptors (Lipinski definition) is 2. The Kier molecular flexibility index (Phi) is 2.93. The lowest BCUT2D eigenvalue weighted by Gasteiger charge is -1.88. The summed E-state index contributed by atoms with van der Waals surface area (Å²) in [5, 5.41) is 0. The van der Waals surface area contributed by atoms with Gasteiger partial charge in [0.15, 0.2) is 0 Å². The lowest BCUT2D eigenvalue weighted by Crippen LogP contribution is -1.73. The Bertz CT molecular complexity index is 239. The van der Waals surface area contributed by atoms with E-state index in [-0.39, 0.29) is 0 Å². The van der Waals surface area contributed by atoms with Gasteiger partial charge in [-0.15, -0.1) is 0 Å². The molecule has 55 valence electrons. The first-order valence-corrected chi connectivity index (χ1v) is 3.18. The van der Waals surface area contributed by atoms with Crippen molar-refractivity contribution in [2.75, 3.05) is 0 Å². The van der Waals surface area contributed by atoms with Crippen molar-refractivity contribution >= 4 is 12.5 Å². The molecule has 1 rings (SSSR count). The first kappa shape index (κ1) is 7.54. The van der Waals surface area contributed by atoms with Crippen LogP contribution in [0.15, 0.2) is 36.6 Å². The molecular weight excluding hydrogens is 140 g/mol. The second-order valence-electron chi connectivity index (χ2n) is 1.91. The van der Waals surface area contributed by atoms with Gasteiger partial charge >= 0.3 is 6.47 Å². The molecule has 0 aromatic heterocycles. The summed E-state index contributed by atoms with van der Waals surface area (Å²) < 4.78 is 4.25. The molecule has 0 saturated carbocycles. The third-order valence-electron chi connectivity index (χ3n) is 1.18. The molecular formula is C9H7O2. The van der Waals surface area contributed by atoms with Gasteiger partial charge in [-0.1, -0.05) is 30.3 Å². The van der Waals surface area contributed by atoms with Crippen LogP contribution in [0.5, 0.6) is 0 Å². The van der Waals surface area contributed by atoms with Gasteiger partial charge < -0.3 is 4.74 Å². The SMILES string of the molecule is O=[C]O/C=C/c1ccccc1. The molecule has 2 nitrogen and oxygen atoms in total. The van der Waals surface area contributed by atoms with E-state index in [1.165, 1.54) is 12.7 Å². The second kappa shape index (κ2) is 4.28. The van der Waals surface area contributed by atoms with Crippen LogP contribution in [0.2, 0.25) is 0 Å². The highest BCUT2D eigenvalue weighted by molar-refractivity contribution is 5.50. The molecule has 1 aromatic carbocycles. The predicted molar refractivity (Wildman–Crippen MR) is 42.3 cm³/mol. The molecule has 0 atom stereocenters. The summed E-state index contributed by atoms with van der Waals surface area (Å²) in [6.45, 7) is 1.30. The van der Waals surface area contributed by atoms with Crippen molar-refractivity contribution in [1.29, 1.82) is 0 Å². The van der Waals surface area contributed by atoms with E-state index in [4.69, 9.17) is 0 Å². The van der Waals surface area contributed by atoms with Crippen LogP contribution in [0, 0.1) is 0 Å². The Hall–Kier alpha value is -1.57. The molecule has 0 bridgehead atoms. The van der Waals surface area contributed by atoms with E-state index in [9.17, 15) is 4.79 Å². The first-order chi connectivity index (χ1) is 5.43.